The van der Waals surface area contributed by atoms with Crippen molar-refractivity contribution in [3.8, 4) is 11.5 Å². The summed E-state index contributed by atoms with van der Waals surface area (Å²) in [5.41, 5.74) is 1.23. The minimum absolute atomic E-state index is 0.324. The third-order valence-corrected chi connectivity index (χ3v) is 5.30. The minimum atomic E-state index is 0.324. The van der Waals surface area contributed by atoms with Crippen LogP contribution in [0.5, 0.6) is 11.5 Å². The zero-order valence-corrected chi connectivity index (χ0v) is 13.0. The highest BCUT2D eigenvalue weighted by molar-refractivity contribution is 8.00. The van der Waals surface area contributed by atoms with E-state index in [1.165, 1.54) is 18.4 Å². The van der Waals surface area contributed by atoms with Gasteiger partial charge in [0.05, 0.1) is 14.2 Å². The van der Waals surface area contributed by atoms with E-state index < -0.39 is 0 Å². The fourth-order valence-corrected chi connectivity index (χ4v) is 2.91. The van der Waals surface area contributed by atoms with E-state index in [0.717, 1.165) is 18.0 Å². The molecule has 4 heteroatoms. The molecule has 1 fully saturated rings. The highest BCUT2D eigenvalue weighted by atomic mass is 32.2. The van der Waals surface area contributed by atoms with Gasteiger partial charge in [-0.15, -0.1) is 0 Å². The van der Waals surface area contributed by atoms with Crippen molar-refractivity contribution in [2.45, 2.75) is 30.6 Å². The molecular weight excluding hydrogens is 258 g/mol. The molecule has 0 amide bonds. The lowest BCUT2D eigenvalue weighted by Gasteiger charge is -2.20. The first-order valence-electron chi connectivity index (χ1n) is 6.64. The molecule has 0 aliphatic heterocycles. The molecule has 3 nitrogen and oxygen atoms in total. The summed E-state index contributed by atoms with van der Waals surface area (Å²) in [6, 6.07) is 6.44. The Morgan fingerprint density at radius 3 is 2.47 bits per heavy atom. The van der Waals surface area contributed by atoms with Crippen molar-refractivity contribution in [1.29, 1.82) is 0 Å². The summed E-state index contributed by atoms with van der Waals surface area (Å²) in [6.07, 6.45) is 4.87. The van der Waals surface area contributed by atoms with Crippen LogP contribution < -0.4 is 14.8 Å². The Balaban J connectivity index is 2.00. The lowest BCUT2D eigenvalue weighted by atomic mass is 10.1. The topological polar surface area (TPSA) is 30.5 Å². The lowest BCUT2D eigenvalue weighted by molar-refractivity contribution is 0.354. The minimum Gasteiger partial charge on any atom is -0.493 e. The van der Waals surface area contributed by atoms with Crippen molar-refractivity contribution in [3.63, 3.8) is 0 Å². The largest absolute Gasteiger partial charge is 0.493 e. The first-order valence-corrected chi connectivity index (χ1v) is 7.87. The van der Waals surface area contributed by atoms with Gasteiger partial charge in [0, 0.05) is 17.3 Å². The summed E-state index contributed by atoms with van der Waals surface area (Å²) in [5, 5.41) is 3.62. The molecule has 1 aromatic carbocycles. The second kappa shape index (κ2) is 6.06. The second-order valence-electron chi connectivity index (χ2n) is 5.10. The lowest BCUT2D eigenvalue weighted by Crippen LogP contribution is -2.28. The number of benzene rings is 1. The van der Waals surface area contributed by atoms with Crippen molar-refractivity contribution in [2.24, 2.45) is 0 Å². The smallest absolute Gasteiger partial charge is 0.161 e. The van der Waals surface area contributed by atoms with Crippen molar-refractivity contribution < 1.29 is 9.47 Å². The van der Waals surface area contributed by atoms with Crippen molar-refractivity contribution in [2.75, 3.05) is 27.0 Å². The van der Waals surface area contributed by atoms with E-state index in [2.05, 4.69) is 30.6 Å². The van der Waals surface area contributed by atoms with Gasteiger partial charge < -0.3 is 14.8 Å². The maximum Gasteiger partial charge on any atom is 0.161 e. The predicted octanol–water partition coefficient (Wildman–Crippen LogP) is 3.25. The number of ether oxygens (including phenoxy) is 2. The maximum absolute atomic E-state index is 5.35. The van der Waals surface area contributed by atoms with Gasteiger partial charge in [0.2, 0.25) is 0 Å². The number of thioether (sulfide) groups is 1. The molecule has 1 aliphatic rings. The normalized spacial score (nSPS) is 17.9. The van der Waals surface area contributed by atoms with Crippen LogP contribution in [0.2, 0.25) is 0 Å². The van der Waals surface area contributed by atoms with E-state index in [0.29, 0.717) is 10.8 Å². The Kier molecular flexibility index (Phi) is 4.63. The Hall–Kier alpha value is -0.870. The van der Waals surface area contributed by atoms with Crippen LogP contribution in [0.25, 0.3) is 0 Å². The molecule has 106 valence electrons. The Bertz CT molecular complexity index is 432. The summed E-state index contributed by atoms with van der Waals surface area (Å²) in [5.74, 6) is 1.57. The fraction of sp³-hybridized carbons (Fsp3) is 0.600. The fourth-order valence-electron chi connectivity index (χ4n) is 2.17. The monoisotopic (exact) mass is 281 g/mol. The Labute approximate surface area is 120 Å². The predicted molar refractivity (Wildman–Crippen MR) is 81.4 cm³/mol. The summed E-state index contributed by atoms with van der Waals surface area (Å²) < 4.78 is 11.1. The number of hydrogen-bond donors (Lipinski definition) is 1. The third-order valence-electron chi connectivity index (χ3n) is 3.88. The quantitative estimate of drug-likeness (QED) is 0.831. The number of rotatable bonds is 7. The van der Waals surface area contributed by atoms with Crippen LogP contribution in [-0.2, 0) is 0 Å². The molecule has 1 aliphatic carbocycles. The van der Waals surface area contributed by atoms with Gasteiger partial charge in [-0.05, 0) is 43.7 Å². The van der Waals surface area contributed by atoms with Crippen LogP contribution >= 0.6 is 11.8 Å². The molecule has 19 heavy (non-hydrogen) atoms. The number of hydrogen-bond acceptors (Lipinski definition) is 4. The van der Waals surface area contributed by atoms with Gasteiger partial charge in [-0.25, -0.2) is 0 Å². The molecule has 0 aromatic heterocycles. The van der Waals surface area contributed by atoms with E-state index in [4.69, 9.17) is 9.47 Å². The standard InChI is InChI=1S/C15H23NO2S/c1-11(16-10-15(19-4)7-8-15)12-5-6-13(17-2)14(9-12)18-3/h5-6,9,11,16H,7-8,10H2,1-4H3. The van der Waals surface area contributed by atoms with E-state index in [1.807, 2.05) is 17.8 Å². The molecule has 0 heterocycles. The van der Waals surface area contributed by atoms with Crippen molar-refractivity contribution in [1.82, 2.24) is 5.32 Å². The average Bonchev–Trinajstić information content (AvgIpc) is 3.24. The van der Waals surface area contributed by atoms with Crippen LogP contribution in [-0.4, -0.2) is 31.8 Å². The maximum atomic E-state index is 5.35. The van der Waals surface area contributed by atoms with E-state index >= 15 is 0 Å². The molecule has 0 bridgehead atoms. The number of methoxy groups -OCH3 is 2. The molecule has 0 radical (unpaired) electrons. The molecule has 1 N–H and O–H groups in total. The molecule has 1 atom stereocenters. The van der Waals surface area contributed by atoms with E-state index in [-0.39, 0.29) is 0 Å². The van der Waals surface area contributed by atoms with Gasteiger partial charge in [-0.3, -0.25) is 0 Å². The molecule has 1 aromatic rings. The van der Waals surface area contributed by atoms with Crippen LogP contribution in [0.15, 0.2) is 18.2 Å². The van der Waals surface area contributed by atoms with Gasteiger partial charge in [-0.2, -0.15) is 11.8 Å². The van der Waals surface area contributed by atoms with E-state index in [9.17, 15) is 0 Å². The SMILES string of the molecule is COc1ccc(C(C)NCC2(SC)CC2)cc1OC. The molecule has 0 saturated heterocycles. The molecule has 1 unspecified atom stereocenters. The molecular formula is C15H23NO2S. The van der Waals surface area contributed by atoms with Crippen LogP contribution in [0.4, 0.5) is 0 Å². The van der Waals surface area contributed by atoms with Crippen LogP contribution in [0, 0.1) is 0 Å². The summed E-state index contributed by atoms with van der Waals surface area (Å²) >= 11 is 1.98. The first kappa shape index (κ1) is 14.5. The van der Waals surface area contributed by atoms with E-state index in [1.54, 1.807) is 14.2 Å². The zero-order valence-electron chi connectivity index (χ0n) is 12.2. The summed E-state index contributed by atoms with van der Waals surface area (Å²) in [6.45, 7) is 3.27. The van der Waals surface area contributed by atoms with Crippen molar-refractivity contribution >= 4 is 11.8 Å². The molecule has 1 saturated carbocycles. The summed E-state index contributed by atoms with van der Waals surface area (Å²) in [4.78, 5) is 0. The molecule has 0 spiro atoms. The third kappa shape index (κ3) is 3.37. The number of nitrogens with one attached hydrogen (secondary N) is 1. The van der Waals surface area contributed by atoms with Gasteiger partial charge >= 0.3 is 0 Å². The van der Waals surface area contributed by atoms with Gasteiger partial charge in [0.15, 0.2) is 11.5 Å². The van der Waals surface area contributed by atoms with Gasteiger partial charge in [-0.1, -0.05) is 6.07 Å². The molecule has 2 rings (SSSR count). The van der Waals surface area contributed by atoms with Gasteiger partial charge in [0.1, 0.15) is 0 Å². The van der Waals surface area contributed by atoms with Crippen molar-refractivity contribution in [3.05, 3.63) is 23.8 Å². The Morgan fingerprint density at radius 1 is 1.26 bits per heavy atom. The van der Waals surface area contributed by atoms with Crippen LogP contribution in [0.1, 0.15) is 31.4 Å². The average molecular weight is 281 g/mol. The first-order chi connectivity index (χ1) is 9.14. The van der Waals surface area contributed by atoms with Crippen LogP contribution in [0.3, 0.4) is 0 Å². The second-order valence-corrected chi connectivity index (χ2v) is 6.38. The summed E-state index contributed by atoms with van der Waals surface area (Å²) in [7, 11) is 3.33. The highest BCUT2D eigenvalue weighted by Crippen LogP contribution is 2.46. The highest BCUT2D eigenvalue weighted by Gasteiger charge is 2.41. The zero-order chi connectivity index (χ0) is 13.9. The Morgan fingerprint density at radius 2 is 1.95 bits per heavy atom. The van der Waals surface area contributed by atoms with Gasteiger partial charge in [0.25, 0.3) is 0 Å².